The molecule has 28 heavy (non-hydrogen) atoms. The normalized spacial score (nSPS) is 11.1. The molecule has 0 bridgehead atoms. The fourth-order valence-corrected chi connectivity index (χ4v) is 2.60. The molecule has 5 nitrogen and oxygen atoms in total. The summed E-state index contributed by atoms with van der Waals surface area (Å²) in [5.41, 5.74) is 0.901. The molecule has 3 rings (SSSR count). The number of nitrogens with one attached hydrogen (secondary N) is 1. The fraction of sp³-hybridized carbons (Fsp3) is 0.150. The SMILES string of the molecule is O=C(Nc1cccc(C(F)(F)F)c1)N(Cc1ccncc1)Cc1cccnc1. The van der Waals surface area contributed by atoms with Gasteiger partial charge >= 0.3 is 12.2 Å². The van der Waals surface area contributed by atoms with Gasteiger partial charge in [-0.15, -0.1) is 0 Å². The molecule has 0 saturated carbocycles. The fourth-order valence-electron chi connectivity index (χ4n) is 2.60. The third-order valence-corrected chi connectivity index (χ3v) is 3.95. The Morgan fingerprint density at radius 2 is 1.68 bits per heavy atom. The van der Waals surface area contributed by atoms with E-state index in [0.717, 1.165) is 23.3 Å². The van der Waals surface area contributed by atoms with Crippen LogP contribution in [0.4, 0.5) is 23.7 Å². The van der Waals surface area contributed by atoms with Gasteiger partial charge in [-0.1, -0.05) is 12.1 Å². The average Bonchev–Trinajstić information content (AvgIpc) is 2.69. The number of nitrogens with zero attached hydrogens (tertiary/aromatic N) is 3. The summed E-state index contributed by atoms with van der Waals surface area (Å²) in [6.45, 7) is 0.517. The summed E-state index contributed by atoms with van der Waals surface area (Å²) >= 11 is 0. The van der Waals surface area contributed by atoms with Crippen molar-refractivity contribution in [3.05, 3.63) is 90.0 Å². The zero-order valence-corrected chi connectivity index (χ0v) is 14.7. The Balaban J connectivity index is 1.80. The average molecular weight is 386 g/mol. The van der Waals surface area contributed by atoms with Crippen molar-refractivity contribution in [3.63, 3.8) is 0 Å². The lowest BCUT2D eigenvalue weighted by atomic mass is 10.2. The molecule has 2 amide bonds. The quantitative estimate of drug-likeness (QED) is 0.690. The van der Waals surface area contributed by atoms with Crippen molar-refractivity contribution >= 4 is 11.7 Å². The van der Waals surface area contributed by atoms with Crippen LogP contribution in [0.2, 0.25) is 0 Å². The lowest BCUT2D eigenvalue weighted by molar-refractivity contribution is -0.137. The summed E-state index contributed by atoms with van der Waals surface area (Å²) in [6.07, 6.45) is 2.01. The molecule has 0 radical (unpaired) electrons. The van der Waals surface area contributed by atoms with Gasteiger partial charge in [0.1, 0.15) is 0 Å². The van der Waals surface area contributed by atoms with Crippen molar-refractivity contribution in [1.82, 2.24) is 14.9 Å². The van der Waals surface area contributed by atoms with Crippen molar-refractivity contribution in [3.8, 4) is 0 Å². The number of urea groups is 1. The summed E-state index contributed by atoms with van der Waals surface area (Å²) in [7, 11) is 0. The minimum Gasteiger partial charge on any atom is -0.316 e. The summed E-state index contributed by atoms with van der Waals surface area (Å²) in [5, 5.41) is 2.55. The highest BCUT2D eigenvalue weighted by Gasteiger charge is 2.30. The van der Waals surface area contributed by atoms with Gasteiger partial charge in [0.15, 0.2) is 0 Å². The number of alkyl halides is 3. The highest BCUT2D eigenvalue weighted by atomic mass is 19.4. The number of carbonyl (C=O) groups excluding carboxylic acids is 1. The van der Waals surface area contributed by atoms with Gasteiger partial charge in [-0.3, -0.25) is 9.97 Å². The highest BCUT2D eigenvalue weighted by molar-refractivity contribution is 5.89. The van der Waals surface area contributed by atoms with Gasteiger partial charge in [-0.05, 0) is 47.5 Å². The van der Waals surface area contributed by atoms with Crippen LogP contribution in [0.25, 0.3) is 0 Å². The number of halogens is 3. The summed E-state index contributed by atoms with van der Waals surface area (Å²) < 4.78 is 38.7. The minimum absolute atomic E-state index is 0.0748. The molecule has 0 aliphatic heterocycles. The number of hydrogen-bond donors (Lipinski definition) is 1. The molecule has 3 aromatic rings. The van der Waals surface area contributed by atoms with Crippen molar-refractivity contribution < 1.29 is 18.0 Å². The Labute approximate surface area is 159 Å². The van der Waals surface area contributed by atoms with Crippen LogP contribution in [0, 0.1) is 0 Å². The second kappa shape index (κ2) is 8.51. The Morgan fingerprint density at radius 3 is 2.36 bits per heavy atom. The van der Waals surface area contributed by atoms with E-state index in [1.807, 2.05) is 6.07 Å². The third-order valence-electron chi connectivity index (χ3n) is 3.95. The van der Waals surface area contributed by atoms with Gasteiger partial charge in [-0.25, -0.2) is 4.79 Å². The van der Waals surface area contributed by atoms with E-state index in [-0.39, 0.29) is 18.8 Å². The number of amides is 2. The molecule has 0 atom stereocenters. The summed E-state index contributed by atoms with van der Waals surface area (Å²) in [4.78, 5) is 22.3. The Bertz CT molecular complexity index is 876. The standard InChI is InChI=1S/C20H17F3N4O/c21-20(22,23)17-4-1-5-18(11-17)26-19(28)27(13-15-6-9-24-10-7-15)14-16-3-2-8-25-12-16/h1-12H,13-14H2,(H,26,28). The molecule has 1 N–H and O–H groups in total. The molecule has 0 aliphatic rings. The van der Waals surface area contributed by atoms with Gasteiger partial charge < -0.3 is 10.2 Å². The van der Waals surface area contributed by atoms with Crippen LogP contribution in [-0.2, 0) is 19.3 Å². The Kier molecular flexibility index (Phi) is 5.88. The second-order valence-corrected chi connectivity index (χ2v) is 6.08. The molecule has 0 spiro atoms. The van der Waals surface area contributed by atoms with Crippen molar-refractivity contribution in [1.29, 1.82) is 0 Å². The maximum absolute atomic E-state index is 12.9. The lowest BCUT2D eigenvalue weighted by Crippen LogP contribution is -2.34. The van der Waals surface area contributed by atoms with Gasteiger partial charge in [0.25, 0.3) is 0 Å². The van der Waals surface area contributed by atoms with E-state index in [1.165, 1.54) is 17.0 Å². The predicted octanol–water partition coefficient (Wildman–Crippen LogP) is 4.73. The van der Waals surface area contributed by atoms with Gasteiger partial charge in [0.2, 0.25) is 0 Å². The van der Waals surface area contributed by atoms with Gasteiger partial charge in [0, 0.05) is 43.6 Å². The number of carbonyl (C=O) groups is 1. The molecule has 0 unspecified atom stereocenters. The van der Waals surface area contributed by atoms with E-state index in [1.54, 1.807) is 43.0 Å². The van der Waals surface area contributed by atoms with E-state index in [4.69, 9.17) is 0 Å². The zero-order valence-electron chi connectivity index (χ0n) is 14.7. The van der Waals surface area contributed by atoms with Crippen molar-refractivity contribution in [2.24, 2.45) is 0 Å². The van der Waals surface area contributed by atoms with Gasteiger partial charge in [0.05, 0.1) is 5.56 Å². The van der Waals surface area contributed by atoms with Crippen LogP contribution in [0.1, 0.15) is 16.7 Å². The zero-order chi connectivity index (χ0) is 20.0. The van der Waals surface area contributed by atoms with Crippen molar-refractivity contribution in [2.45, 2.75) is 19.3 Å². The van der Waals surface area contributed by atoms with Crippen LogP contribution in [0.5, 0.6) is 0 Å². The maximum atomic E-state index is 12.9. The van der Waals surface area contributed by atoms with Gasteiger partial charge in [-0.2, -0.15) is 13.2 Å². The van der Waals surface area contributed by atoms with E-state index < -0.39 is 17.8 Å². The number of anilines is 1. The second-order valence-electron chi connectivity index (χ2n) is 6.08. The monoisotopic (exact) mass is 386 g/mol. The first-order valence-electron chi connectivity index (χ1n) is 8.43. The van der Waals surface area contributed by atoms with Crippen LogP contribution < -0.4 is 5.32 Å². The Morgan fingerprint density at radius 1 is 0.929 bits per heavy atom. The molecule has 0 fully saturated rings. The van der Waals surface area contributed by atoms with E-state index >= 15 is 0 Å². The number of benzene rings is 1. The topological polar surface area (TPSA) is 58.1 Å². The molecule has 2 heterocycles. The first-order valence-corrected chi connectivity index (χ1v) is 8.43. The molecule has 144 valence electrons. The lowest BCUT2D eigenvalue weighted by Gasteiger charge is -2.23. The molecule has 1 aromatic carbocycles. The molecule has 8 heteroatoms. The van der Waals surface area contributed by atoms with Crippen LogP contribution >= 0.6 is 0 Å². The molecule has 0 aliphatic carbocycles. The summed E-state index contributed by atoms with van der Waals surface area (Å²) in [5.74, 6) is 0. The van der Waals surface area contributed by atoms with Crippen LogP contribution in [0.15, 0.2) is 73.3 Å². The molecular weight excluding hydrogens is 369 g/mol. The number of rotatable bonds is 5. The highest BCUT2D eigenvalue weighted by Crippen LogP contribution is 2.30. The number of pyridine rings is 2. The number of aromatic nitrogens is 2. The van der Waals surface area contributed by atoms with Crippen molar-refractivity contribution in [2.75, 3.05) is 5.32 Å². The predicted molar refractivity (Wildman–Crippen MR) is 98.2 cm³/mol. The molecule has 0 saturated heterocycles. The molecule has 2 aromatic heterocycles. The van der Waals surface area contributed by atoms with Crippen LogP contribution in [-0.4, -0.2) is 20.9 Å². The first-order chi connectivity index (χ1) is 13.4. The van der Waals surface area contributed by atoms with E-state index in [9.17, 15) is 18.0 Å². The minimum atomic E-state index is -4.48. The third kappa shape index (κ3) is 5.29. The number of hydrogen-bond acceptors (Lipinski definition) is 3. The Hall–Kier alpha value is -3.42. The van der Waals surface area contributed by atoms with Crippen LogP contribution in [0.3, 0.4) is 0 Å². The largest absolute Gasteiger partial charge is 0.416 e. The smallest absolute Gasteiger partial charge is 0.316 e. The molecular formula is C20H17F3N4O. The summed E-state index contributed by atoms with van der Waals surface area (Å²) in [6, 6.07) is 11.2. The first kappa shape index (κ1) is 19.3. The van der Waals surface area contributed by atoms with E-state index in [0.29, 0.717) is 0 Å². The van der Waals surface area contributed by atoms with E-state index in [2.05, 4.69) is 15.3 Å². The maximum Gasteiger partial charge on any atom is 0.416 e.